The van der Waals surface area contributed by atoms with Crippen molar-refractivity contribution in [3.8, 4) is 0 Å². The van der Waals surface area contributed by atoms with Crippen LogP contribution in [0, 0.1) is 13.8 Å². The first-order valence-electron chi connectivity index (χ1n) is 6.47. The zero-order valence-corrected chi connectivity index (χ0v) is 13.5. The normalized spacial score (nSPS) is 17.9. The Balaban J connectivity index is 2.23. The van der Waals surface area contributed by atoms with Crippen molar-refractivity contribution in [2.24, 2.45) is 0 Å². The molecule has 7 heteroatoms. The summed E-state index contributed by atoms with van der Waals surface area (Å²) in [6.45, 7) is 5.35. The smallest absolute Gasteiger partial charge is 0.228 e. The molecule has 112 valence electrons. The van der Waals surface area contributed by atoms with E-state index >= 15 is 0 Å². The van der Waals surface area contributed by atoms with E-state index in [9.17, 15) is 16.8 Å². The molecule has 1 aliphatic rings. The number of sulfonamides is 1. The van der Waals surface area contributed by atoms with Gasteiger partial charge in [-0.25, -0.2) is 16.8 Å². The van der Waals surface area contributed by atoms with Crippen LogP contribution >= 0.6 is 0 Å². The zero-order valence-electron chi connectivity index (χ0n) is 11.8. The molecule has 1 aromatic carbocycles. The maximum Gasteiger partial charge on any atom is 0.243 e. The van der Waals surface area contributed by atoms with Crippen molar-refractivity contribution in [3.05, 3.63) is 29.3 Å². The fourth-order valence-corrected chi connectivity index (χ4v) is 5.50. The molecule has 0 amide bonds. The lowest BCUT2D eigenvalue weighted by Gasteiger charge is -2.37. The second-order valence-corrected chi connectivity index (χ2v) is 9.64. The summed E-state index contributed by atoms with van der Waals surface area (Å²) >= 11 is 0. The third-order valence-electron chi connectivity index (χ3n) is 3.67. The van der Waals surface area contributed by atoms with E-state index < -0.39 is 25.1 Å². The van der Waals surface area contributed by atoms with Crippen molar-refractivity contribution in [1.29, 1.82) is 0 Å². The molecule has 0 saturated carbocycles. The molecule has 0 aromatic heterocycles. The lowest BCUT2D eigenvalue weighted by atomic mass is 10.2. The van der Waals surface area contributed by atoms with E-state index in [1.807, 2.05) is 13.0 Å². The SMILES string of the molecule is CCS(=O)(=O)C1CN(S(=O)(=O)c2ccc(C)cc2C)C1. The maximum atomic E-state index is 12.4. The van der Waals surface area contributed by atoms with E-state index in [4.69, 9.17) is 0 Å². The molecule has 1 aromatic rings. The third kappa shape index (κ3) is 2.62. The monoisotopic (exact) mass is 317 g/mol. The number of aryl methyl sites for hydroxylation is 2. The van der Waals surface area contributed by atoms with E-state index in [-0.39, 0.29) is 23.7 Å². The minimum atomic E-state index is -3.58. The quantitative estimate of drug-likeness (QED) is 0.834. The Bertz CT molecular complexity index is 717. The fourth-order valence-electron chi connectivity index (χ4n) is 2.29. The van der Waals surface area contributed by atoms with Gasteiger partial charge in [0.1, 0.15) is 0 Å². The highest BCUT2D eigenvalue weighted by atomic mass is 32.2. The molecule has 1 aliphatic heterocycles. The molecule has 0 bridgehead atoms. The van der Waals surface area contributed by atoms with E-state index in [0.29, 0.717) is 5.56 Å². The van der Waals surface area contributed by atoms with Gasteiger partial charge in [0.15, 0.2) is 9.84 Å². The third-order valence-corrected chi connectivity index (χ3v) is 7.78. The Morgan fingerprint density at radius 2 is 1.75 bits per heavy atom. The van der Waals surface area contributed by atoms with Crippen LogP contribution in [0.4, 0.5) is 0 Å². The number of rotatable bonds is 4. The average Bonchev–Trinajstić information content (AvgIpc) is 2.25. The van der Waals surface area contributed by atoms with Gasteiger partial charge in [0.25, 0.3) is 0 Å². The van der Waals surface area contributed by atoms with Crippen LogP contribution in [0.15, 0.2) is 23.1 Å². The Morgan fingerprint density at radius 1 is 1.15 bits per heavy atom. The van der Waals surface area contributed by atoms with Gasteiger partial charge in [-0.15, -0.1) is 0 Å². The van der Waals surface area contributed by atoms with Crippen molar-refractivity contribution in [1.82, 2.24) is 4.31 Å². The molecule has 1 saturated heterocycles. The molecule has 0 radical (unpaired) electrons. The minimum absolute atomic E-state index is 0.0507. The zero-order chi connectivity index (χ0) is 15.1. The average molecular weight is 317 g/mol. The van der Waals surface area contributed by atoms with Crippen molar-refractivity contribution in [2.75, 3.05) is 18.8 Å². The van der Waals surface area contributed by atoms with E-state index in [1.165, 1.54) is 4.31 Å². The number of sulfone groups is 1. The second-order valence-electron chi connectivity index (χ2n) is 5.16. The summed E-state index contributed by atoms with van der Waals surface area (Å²) in [5, 5.41) is -0.562. The minimum Gasteiger partial charge on any atom is -0.228 e. The first-order valence-corrected chi connectivity index (χ1v) is 9.63. The van der Waals surface area contributed by atoms with Crippen molar-refractivity contribution >= 4 is 19.9 Å². The summed E-state index contributed by atoms with van der Waals surface area (Å²) in [5.74, 6) is 0.0507. The summed E-state index contributed by atoms with van der Waals surface area (Å²) in [5.41, 5.74) is 1.68. The molecule has 0 spiro atoms. The number of nitrogens with zero attached hydrogens (tertiary/aromatic N) is 1. The molecule has 0 unspecified atom stereocenters. The molecule has 20 heavy (non-hydrogen) atoms. The van der Waals surface area contributed by atoms with Crippen LogP contribution in [-0.2, 0) is 19.9 Å². The molecule has 1 heterocycles. The molecule has 0 atom stereocenters. The van der Waals surface area contributed by atoms with Crippen molar-refractivity contribution in [2.45, 2.75) is 30.9 Å². The largest absolute Gasteiger partial charge is 0.243 e. The van der Waals surface area contributed by atoms with Gasteiger partial charge < -0.3 is 0 Å². The Hall–Kier alpha value is -0.920. The Kier molecular flexibility index (Phi) is 3.96. The Labute approximate surface area is 120 Å². The van der Waals surface area contributed by atoms with Crippen LogP contribution in [0.3, 0.4) is 0 Å². The van der Waals surface area contributed by atoms with Gasteiger partial charge in [0.05, 0.1) is 10.1 Å². The first kappa shape index (κ1) is 15.5. The molecular formula is C13H19NO4S2. The summed E-state index contributed by atoms with van der Waals surface area (Å²) < 4.78 is 49.5. The van der Waals surface area contributed by atoms with Crippen molar-refractivity contribution < 1.29 is 16.8 Å². The predicted molar refractivity (Wildman–Crippen MR) is 77.9 cm³/mol. The summed E-state index contributed by atoms with van der Waals surface area (Å²) in [6, 6.07) is 5.15. The molecule has 2 rings (SSSR count). The summed E-state index contributed by atoms with van der Waals surface area (Å²) in [7, 11) is -6.74. The highest BCUT2D eigenvalue weighted by molar-refractivity contribution is 7.92. The van der Waals surface area contributed by atoms with Gasteiger partial charge in [0.2, 0.25) is 10.0 Å². The van der Waals surface area contributed by atoms with Crippen LogP contribution in [0.25, 0.3) is 0 Å². The van der Waals surface area contributed by atoms with Crippen LogP contribution in [0.1, 0.15) is 18.1 Å². The van der Waals surface area contributed by atoms with Crippen molar-refractivity contribution in [3.63, 3.8) is 0 Å². The van der Waals surface area contributed by atoms with Crippen LogP contribution in [0.2, 0.25) is 0 Å². The number of hydrogen-bond donors (Lipinski definition) is 0. The lowest BCUT2D eigenvalue weighted by Crippen LogP contribution is -2.57. The van der Waals surface area contributed by atoms with Gasteiger partial charge >= 0.3 is 0 Å². The van der Waals surface area contributed by atoms with Crippen LogP contribution in [0.5, 0.6) is 0 Å². The Morgan fingerprint density at radius 3 is 2.25 bits per heavy atom. The number of benzene rings is 1. The second kappa shape index (κ2) is 5.13. The van der Waals surface area contributed by atoms with Gasteiger partial charge in [-0.2, -0.15) is 4.31 Å². The highest BCUT2D eigenvalue weighted by Crippen LogP contribution is 2.27. The van der Waals surface area contributed by atoms with E-state index in [0.717, 1.165) is 5.56 Å². The predicted octanol–water partition coefficient (Wildman–Crippen LogP) is 1.11. The van der Waals surface area contributed by atoms with Crippen LogP contribution in [-0.4, -0.2) is 45.2 Å². The number of hydrogen-bond acceptors (Lipinski definition) is 4. The standard InChI is InChI=1S/C13H19NO4S2/c1-4-19(15,16)12-8-14(9-12)20(17,18)13-6-5-10(2)7-11(13)3/h5-7,12H,4,8-9H2,1-3H3. The maximum absolute atomic E-state index is 12.4. The van der Waals surface area contributed by atoms with E-state index in [2.05, 4.69) is 0 Å². The summed E-state index contributed by atoms with van der Waals surface area (Å²) in [6.07, 6.45) is 0. The first-order chi connectivity index (χ1) is 9.18. The molecule has 1 fully saturated rings. The van der Waals surface area contributed by atoms with Gasteiger partial charge in [-0.3, -0.25) is 0 Å². The van der Waals surface area contributed by atoms with Gasteiger partial charge in [-0.1, -0.05) is 24.6 Å². The van der Waals surface area contributed by atoms with Crippen LogP contribution < -0.4 is 0 Å². The van der Waals surface area contributed by atoms with Gasteiger partial charge in [0, 0.05) is 18.8 Å². The van der Waals surface area contributed by atoms with Gasteiger partial charge in [-0.05, 0) is 25.5 Å². The van der Waals surface area contributed by atoms with E-state index in [1.54, 1.807) is 26.0 Å². The summed E-state index contributed by atoms with van der Waals surface area (Å²) in [4.78, 5) is 0.260. The highest BCUT2D eigenvalue weighted by Gasteiger charge is 2.43. The molecule has 0 N–H and O–H groups in total. The fraction of sp³-hybridized carbons (Fsp3) is 0.538. The molecule has 0 aliphatic carbocycles. The lowest BCUT2D eigenvalue weighted by molar-refractivity contribution is 0.309. The molecule has 5 nitrogen and oxygen atoms in total. The topological polar surface area (TPSA) is 71.5 Å². The molecular weight excluding hydrogens is 298 g/mol.